The van der Waals surface area contributed by atoms with Gasteiger partial charge in [-0.25, -0.2) is 0 Å². The Bertz CT molecular complexity index is 376. The van der Waals surface area contributed by atoms with Gasteiger partial charge in [-0.15, -0.1) is 11.8 Å². The number of ether oxygens (including phenoxy) is 1. The van der Waals surface area contributed by atoms with Crippen molar-refractivity contribution in [2.45, 2.75) is 65.3 Å². The molecule has 1 aromatic carbocycles. The van der Waals surface area contributed by atoms with Gasteiger partial charge < -0.3 is 4.74 Å². The van der Waals surface area contributed by atoms with Gasteiger partial charge in [-0.3, -0.25) is 0 Å². The van der Waals surface area contributed by atoms with Crippen LogP contribution in [0.1, 0.15) is 53.5 Å². The molecule has 1 fully saturated rings. The first kappa shape index (κ1) is 18.6. The van der Waals surface area contributed by atoms with Crippen LogP contribution in [0.15, 0.2) is 30.3 Å². The second-order valence-corrected chi connectivity index (χ2v) is 6.91. The van der Waals surface area contributed by atoms with Crippen molar-refractivity contribution in [3.8, 4) is 0 Å². The van der Waals surface area contributed by atoms with E-state index < -0.39 is 0 Å². The highest BCUT2D eigenvalue weighted by molar-refractivity contribution is 7.99. The number of thioether (sulfide) groups is 1. The fraction of sp³-hybridized carbons (Fsp3) is 0.684. The molecule has 0 bridgehead atoms. The quantitative estimate of drug-likeness (QED) is 0.675. The van der Waals surface area contributed by atoms with Gasteiger partial charge in [0.05, 0.1) is 6.10 Å². The van der Waals surface area contributed by atoms with Gasteiger partial charge in [-0.2, -0.15) is 0 Å². The first-order valence-electron chi connectivity index (χ1n) is 8.44. The number of hydrogen-bond donors (Lipinski definition) is 0. The summed E-state index contributed by atoms with van der Waals surface area (Å²) in [4.78, 5) is 0. The fourth-order valence-electron chi connectivity index (χ4n) is 2.90. The van der Waals surface area contributed by atoms with Crippen LogP contribution in [0.5, 0.6) is 0 Å². The third-order valence-electron chi connectivity index (χ3n) is 4.64. The molecule has 1 aromatic rings. The van der Waals surface area contributed by atoms with E-state index in [1.54, 1.807) is 0 Å². The lowest BCUT2D eigenvalue weighted by molar-refractivity contribution is -0.0945. The minimum atomic E-state index is 0.344. The molecule has 0 N–H and O–H groups in total. The highest BCUT2D eigenvalue weighted by Crippen LogP contribution is 2.41. The van der Waals surface area contributed by atoms with Crippen molar-refractivity contribution in [1.82, 2.24) is 0 Å². The molecule has 0 amide bonds. The maximum absolute atomic E-state index is 6.32. The summed E-state index contributed by atoms with van der Waals surface area (Å²) < 4.78 is 6.32. The summed E-state index contributed by atoms with van der Waals surface area (Å²) in [5.41, 5.74) is 1.74. The average Bonchev–Trinajstić information content (AvgIpc) is 2.55. The van der Waals surface area contributed by atoms with Crippen molar-refractivity contribution in [3.63, 3.8) is 0 Å². The Labute approximate surface area is 135 Å². The van der Waals surface area contributed by atoms with Gasteiger partial charge in [0, 0.05) is 5.75 Å². The molecule has 120 valence electrons. The van der Waals surface area contributed by atoms with Gasteiger partial charge in [0.25, 0.3) is 0 Å². The van der Waals surface area contributed by atoms with Crippen molar-refractivity contribution >= 4 is 11.8 Å². The minimum Gasteiger partial charge on any atom is -0.364 e. The van der Waals surface area contributed by atoms with Crippen molar-refractivity contribution in [2.24, 2.45) is 17.8 Å². The zero-order valence-electron chi connectivity index (χ0n) is 14.5. The van der Waals surface area contributed by atoms with Gasteiger partial charge in [0.1, 0.15) is 5.44 Å². The van der Waals surface area contributed by atoms with E-state index in [-0.39, 0.29) is 0 Å². The molecule has 0 aliphatic carbocycles. The molecular weight excluding hydrogens is 276 g/mol. The molecule has 5 atom stereocenters. The average molecular weight is 309 g/mol. The Hall–Kier alpha value is -0.470. The molecule has 1 aliphatic heterocycles. The topological polar surface area (TPSA) is 9.23 Å². The van der Waals surface area contributed by atoms with Crippen LogP contribution in [0.4, 0.5) is 0 Å². The normalized spacial score (nSPS) is 32.2. The van der Waals surface area contributed by atoms with E-state index in [4.69, 9.17) is 4.74 Å². The van der Waals surface area contributed by atoms with Crippen molar-refractivity contribution < 1.29 is 4.74 Å². The third kappa shape index (κ3) is 5.03. The van der Waals surface area contributed by atoms with Crippen LogP contribution in [0.2, 0.25) is 0 Å². The van der Waals surface area contributed by atoms with E-state index in [0.29, 0.717) is 23.4 Å². The fourth-order valence-corrected chi connectivity index (χ4v) is 4.22. The van der Waals surface area contributed by atoms with Crippen molar-refractivity contribution in [2.75, 3.05) is 0 Å². The molecule has 1 aliphatic rings. The van der Waals surface area contributed by atoms with Crippen LogP contribution in [0.25, 0.3) is 0 Å². The minimum absolute atomic E-state index is 0.344. The van der Waals surface area contributed by atoms with Gasteiger partial charge in [-0.1, -0.05) is 71.9 Å². The van der Waals surface area contributed by atoms with Crippen LogP contribution in [0.3, 0.4) is 0 Å². The van der Waals surface area contributed by atoms with E-state index in [9.17, 15) is 0 Å². The van der Waals surface area contributed by atoms with Crippen LogP contribution < -0.4 is 0 Å². The number of benzene rings is 1. The molecule has 5 unspecified atom stereocenters. The zero-order chi connectivity index (χ0) is 15.8. The molecule has 0 saturated carbocycles. The van der Waals surface area contributed by atoms with Crippen LogP contribution >= 0.6 is 11.8 Å². The molecule has 0 radical (unpaired) electrons. The first-order chi connectivity index (χ1) is 10.1. The number of hydrogen-bond acceptors (Lipinski definition) is 2. The standard InChI is InChI=1S/C17H26OS.C2H6/c1-5-16-13(3)12(2)14(4)17(18-16)19-11-15-9-7-6-8-10-15;1-2/h6-10,12-14,16-17H,5,11H2,1-4H3;1-2H3. The third-order valence-corrected chi connectivity index (χ3v) is 6.01. The predicted molar refractivity (Wildman–Crippen MR) is 95.5 cm³/mol. The van der Waals surface area contributed by atoms with Crippen molar-refractivity contribution in [1.29, 1.82) is 0 Å². The van der Waals surface area contributed by atoms with Crippen molar-refractivity contribution in [3.05, 3.63) is 35.9 Å². The second kappa shape index (κ2) is 9.53. The summed E-state index contributed by atoms with van der Waals surface area (Å²) in [6.07, 6.45) is 1.56. The van der Waals surface area contributed by atoms with Crippen LogP contribution in [0, 0.1) is 17.8 Å². The molecule has 1 heterocycles. The monoisotopic (exact) mass is 308 g/mol. The highest BCUT2D eigenvalue weighted by atomic mass is 32.2. The Kier molecular flexibility index (Phi) is 8.43. The maximum atomic E-state index is 6.32. The van der Waals surface area contributed by atoms with Gasteiger partial charge in [-0.05, 0) is 29.7 Å². The maximum Gasteiger partial charge on any atom is 0.106 e. The summed E-state index contributed by atoms with van der Waals surface area (Å²) in [7, 11) is 0. The first-order valence-corrected chi connectivity index (χ1v) is 9.49. The number of rotatable bonds is 4. The Morgan fingerprint density at radius 3 is 2.14 bits per heavy atom. The van der Waals surface area contributed by atoms with Crippen LogP contribution in [-0.2, 0) is 10.5 Å². The summed E-state index contributed by atoms with van der Waals surface area (Å²) in [5, 5.41) is 0. The van der Waals surface area contributed by atoms with Crippen LogP contribution in [-0.4, -0.2) is 11.5 Å². The Morgan fingerprint density at radius 2 is 1.57 bits per heavy atom. The van der Waals surface area contributed by atoms with Gasteiger partial charge in [0.15, 0.2) is 0 Å². The SMILES string of the molecule is CC.CCC1OC(SCc2ccccc2)C(C)C(C)C1C. The summed E-state index contributed by atoms with van der Waals surface area (Å²) >= 11 is 1.96. The molecule has 1 saturated heterocycles. The highest BCUT2D eigenvalue weighted by Gasteiger charge is 2.38. The zero-order valence-corrected chi connectivity index (χ0v) is 15.3. The lowest BCUT2D eigenvalue weighted by Crippen LogP contribution is -2.43. The Morgan fingerprint density at radius 1 is 0.952 bits per heavy atom. The summed E-state index contributed by atoms with van der Waals surface area (Å²) in [5.74, 6) is 3.10. The van der Waals surface area contributed by atoms with E-state index in [0.717, 1.165) is 18.1 Å². The Balaban J connectivity index is 0.00000106. The van der Waals surface area contributed by atoms with E-state index in [2.05, 4.69) is 58.0 Å². The molecular formula is C19H32OS. The lowest BCUT2D eigenvalue weighted by Gasteiger charge is -2.43. The molecule has 1 nitrogen and oxygen atoms in total. The molecule has 21 heavy (non-hydrogen) atoms. The predicted octanol–water partition coefficient (Wildman–Crippen LogP) is 5.99. The second-order valence-electron chi connectivity index (χ2n) is 5.83. The van der Waals surface area contributed by atoms with E-state index in [1.165, 1.54) is 5.56 Å². The molecule has 2 rings (SSSR count). The summed E-state index contributed by atoms with van der Waals surface area (Å²) in [6, 6.07) is 10.7. The lowest BCUT2D eigenvalue weighted by atomic mass is 9.79. The summed E-state index contributed by atoms with van der Waals surface area (Å²) in [6.45, 7) is 13.3. The largest absolute Gasteiger partial charge is 0.364 e. The molecule has 0 spiro atoms. The smallest absolute Gasteiger partial charge is 0.106 e. The van der Waals surface area contributed by atoms with E-state index in [1.807, 2.05) is 25.6 Å². The van der Waals surface area contributed by atoms with Gasteiger partial charge in [0.2, 0.25) is 0 Å². The van der Waals surface area contributed by atoms with E-state index >= 15 is 0 Å². The van der Waals surface area contributed by atoms with Gasteiger partial charge >= 0.3 is 0 Å². The molecule has 0 aromatic heterocycles. The molecule has 2 heteroatoms.